The molecule has 2 atom stereocenters. The zero-order valence-electron chi connectivity index (χ0n) is 15.1. The lowest BCUT2D eigenvalue weighted by atomic mass is 10.1. The molecule has 3 rings (SSSR count). The maximum absolute atomic E-state index is 12.3. The van der Waals surface area contributed by atoms with E-state index in [1.807, 2.05) is 37.3 Å². The number of aliphatic hydroxyl groups excluding tert-OH is 1. The lowest BCUT2D eigenvalue weighted by Crippen LogP contribution is -2.34. The van der Waals surface area contributed by atoms with Gasteiger partial charge in [-0.2, -0.15) is 0 Å². The van der Waals surface area contributed by atoms with Crippen molar-refractivity contribution in [2.45, 2.75) is 19.6 Å². The molecule has 0 radical (unpaired) electrons. The number of carbonyl (C=O) groups is 1. The molecule has 1 aromatic heterocycles. The number of ether oxygens (including phenoxy) is 1. The molecule has 148 valence electrons. The number of aromatic nitrogens is 1. The molecule has 3 N–H and O–H groups in total. The van der Waals surface area contributed by atoms with Crippen molar-refractivity contribution in [1.82, 2.24) is 15.6 Å². The fourth-order valence-corrected chi connectivity index (χ4v) is 2.76. The molecule has 2 aromatic rings. The Morgan fingerprint density at radius 3 is 2.78 bits per heavy atom. The second-order valence-electron chi connectivity index (χ2n) is 6.32. The van der Waals surface area contributed by atoms with Crippen LogP contribution in [0.2, 0.25) is 0 Å². The van der Waals surface area contributed by atoms with Crippen LogP contribution in [0.25, 0.3) is 0 Å². The largest absolute Gasteiger partial charge is 0.487 e. The number of pyridine rings is 1. The highest BCUT2D eigenvalue weighted by atomic mass is 35.5. The van der Waals surface area contributed by atoms with Gasteiger partial charge in [0.1, 0.15) is 12.4 Å². The highest BCUT2D eigenvalue weighted by molar-refractivity contribution is 5.94. The van der Waals surface area contributed by atoms with Crippen LogP contribution in [0.5, 0.6) is 5.75 Å². The molecule has 1 fully saturated rings. The number of β-amino-alcohol motifs (C(OH)–C–C–N with tert-alkyl or cyclic N) is 1. The lowest BCUT2D eigenvalue weighted by molar-refractivity contribution is 0.0927. The average Bonchev–Trinajstić information content (AvgIpc) is 3.04. The minimum Gasteiger partial charge on any atom is -0.487 e. The van der Waals surface area contributed by atoms with E-state index >= 15 is 0 Å². The molecule has 8 heteroatoms. The predicted octanol–water partition coefficient (Wildman–Crippen LogP) is 2.12. The van der Waals surface area contributed by atoms with Gasteiger partial charge in [0.2, 0.25) is 0 Å². The fraction of sp³-hybridized carbons (Fsp3) is 0.368. The van der Waals surface area contributed by atoms with Crippen molar-refractivity contribution in [3.05, 3.63) is 59.4 Å². The van der Waals surface area contributed by atoms with E-state index in [4.69, 9.17) is 4.74 Å². The summed E-state index contributed by atoms with van der Waals surface area (Å²) in [5.41, 5.74) is 2.44. The van der Waals surface area contributed by atoms with E-state index < -0.39 is 6.10 Å². The average molecular weight is 414 g/mol. The second kappa shape index (κ2) is 11.1. The molecule has 27 heavy (non-hydrogen) atoms. The molecule has 0 bridgehead atoms. The maximum Gasteiger partial charge on any atom is 0.251 e. The molecule has 0 spiro atoms. The fourth-order valence-electron chi connectivity index (χ4n) is 2.76. The van der Waals surface area contributed by atoms with E-state index in [1.54, 1.807) is 12.3 Å². The Balaban J connectivity index is 0.00000182. The van der Waals surface area contributed by atoms with Crippen LogP contribution in [0.3, 0.4) is 0 Å². The van der Waals surface area contributed by atoms with Crippen molar-refractivity contribution in [1.29, 1.82) is 0 Å². The Kier molecular flexibility index (Phi) is 9.52. The molecule has 1 amide bonds. The van der Waals surface area contributed by atoms with Gasteiger partial charge in [0.25, 0.3) is 5.91 Å². The Bertz CT molecular complexity index is 728. The number of hydrogen-bond donors (Lipinski definition) is 3. The van der Waals surface area contributed by atoms with E-state index in [0.29, 0.717) is 31.0 Å². The first-order valence-corrected chi connectivity index (χ1v) is 8.43. The molecule has 1 aliphatic rings. The summed E-state index contributed by atoms with van der Waals surface area (Å²) < 4.78 is 5.70. The van der Waals surface area contributed by atoms with Crippen LogP contribution in [0.15, 0.2) is 42.6 Å². The van der Waals surface area contributed by atoms with E-state index in [9.17, 15) is 9.90 Å². The van der Waals surface area contributed by atoms with Crippen LogP contribution in [-0.4, -0.2) is 41.7 Å². The van der Waals surface area contributed by atoms with Gasteiger partial charge in [-0.1, -0.05) is 12.1 Å². The smallest absolute Gasteiger partial charge is 0.251 e. The highest BCUT2D eigenvalue weighted by Gasteiger charge is 2.25. The molecule has 1 aliphatic heterocycles. The summed E-state index contributed by atoms with van der Waals surface area (Å²) in [6, 6.07) is 11.1. The van der Waals surface area contributed by atoms with Crippen molar-refractivity contribution in [2.75, 3.05) is 19.6 Å². The van der Waals surface area contributed by atoms with Gasteiger partial charge < -0.3 is 20.5 Å². The topological polar surface area (TPSA) is 83.5 Å². The Labute approximate surface area is 171 Å². The summed E-state index contributed by atoms with van der Waals surface area (Å²) in [5.74, 6) is 0.616. The van der Waals surface area contributed by atoms with Crippen LogP contribution in [0.1, 0.15) is 21.6 Å². The Morgan fingerprint density at radius 2 is 2.11 bits per heavy atom. The van der Waals surface area contributed by atoms with Crippen LogP contribution < -0.4 is 15.4 Å². The predicted molar refractivity (Wildman–Crippen MR) is 109 cm³/mol. The summed E-state index contributed by atoms with van der Waals surface area (Å²) in [5, 5.41) is 15.8. The SMILES string of the molecule is Cc1ccc(OCc2cccc(C(=O)NCC3CNCC3O)c2)cn1.Cl.Cl. The summed E-state index contributed by atoms with van der Waals surface area (Å²) in [4.78, 5) is 16.5. The zero-order chi connectivity index (χ0) is 17.6. The van der Waals surface area contributed by atoms with Crippen molar-refractivity contribution in [2.24, 2.45) is 5.92 Å². The normalized spacial score (nSPS) is 18.1. The molecular weight excluding hydrogens is 389 g/mol. The molecule has 2 unspecified atom stereocenters. The number of halogens is 2. The molecular formula is C19H25Cl2N3O3. The lowest BCUT2D eigenvalue weighted by Gasteiger charge is -2.14. The van der Waals surface area contributed by atoms with Crippen LogP contribution >= 0.6 is 24.8 Å². The third-order valence-electron chi connectivity index (χ3n) is 4.31. The van der Waals surface area contributed by atoms with Crippen LogP contribution in [0.4, 0.5) is 0 Å². The summed E-state index contributed by atoms with van der Waals surface area (Å²) in [6.07, 6.45) is 1.29. The molecule has 0 aliphatic carbocycles. The van der Waals surface area contributed by atoms with E-state index in [2.05, 4.69) is 15.6 Å². The van der Waals surface area contributed by atoms with Gasteiger partial charge in [-0.3, -0.25) is 9.78 Å². The van der Waals surface area contributed by atoms with E-state index in [0.717, 1.165) is 17.8 Å². The van der Waals surface area contributed by atoms with Crippen molar-refractivity contribution in [3.8, 4) is 5.75 Å². The van der Waals surface area contributed by atoms with Gasteiger partial charge in [0.05, 0.1) is 12.3 Å². The highest BCUT2D eigenvalue weighted by Crippen LogP contribution is 2.13. The number of carbonyl (C=O) groups excluding carboxylic acids is 1. The monoisotopic (exact) mass is 413 g/mol. The van der Waals surface area contributed by atoms with Crippen LogP contribution in [0, 0.1) is 12.8 Å². The third kappa shape index (κ3) is 6.66. The number of benzene rings is 1. The number of rotatable bonds is 6. The first-order valence-electron chi connectivity index (χ1n) is 8.43. The van der Waals surface area contributed by atoms with E-state index in [1.165, 1.54) is 0 Å². The minimum absolute atomic E-state index is 0. The third-order valence-corrected chi connectivity index (χ3v) is 4.31. The molecule has 1 aromatic carbocycles. The van der Waals surface area contributed by atoms with Gasteiger partial charge in [0, 0.05) is 36.8 Å². The quantitative estimate of drug-likeness (QED) is 0.675. The number of amides is 1. The molecule has 0 saturated carbocycles. The van der Waals surface area contributed by atoms with Crippen LogP contribution in [-0.2, 0) is 6.61 Å². The zero-order valence-corrected chi connectivity index (χ0v) is 16.7. The van der Waals surface area contributed by atoms with Crippen molar-refractivity contribution < 1.29 is 14.6 Å². The van der Waals surface area contributed by atoms with Gasteiger partial charge in [-0.05, 0) is 36.8 Å². The minimum atomic E-state index is -0.400. The summed E-state index contributed by atoms with van der Waals surface area (Å²) in [6.45, 7) is 4.06. The summed E-state index contributed by atoms with van der Waals surface area (Å²) in [7, 11) is 0. The Hall–Kier alpha value is -1.86. The standard InChI is InChI=1S/C19H23N3O3.2ClH/c1-13-5-6-17(10-21-13)25-12-14-3-2-4-15(7-14)19(24)22-9-16-8-20-11-18(16)23;;/h2-7,10,16,18,20,23H,8-9,11-12H2,1H3,(H,22,24);2*1H. The molecule has 2 heterocycles. The number of hydrogen-bond acceptors (Lipinski definition) is 5. The second-order valence-corrected chi connectivity index (χ2v) is 6.32. The number of nitrogens with one attached hydrogen (secondary N) is 2. The van der Waals surface area contributed by atoms with Gasteiger partial charge in [-0.15, -0.1) is 24.8 Å². The first-order chi connectivity index (χ1) is 12.1. The Morgan fingerprint density at radius 1 is 1.30 bits per heavy atom. The van der Waals surface area contributed by atoms with Crippen molar-refractivity contribution >= 4 is 30.7 Å². The summed E-state index contributed by atoms with van der Waals surface area (Å²) >= 11 is 0. The molecule has 1 saturated heterocycles. The van der Waals surface area contributed by atoms with Gasteiger partial charge in [0.15, 0.2) is 0 Å². The number of aliphatic hydroxyl groups is 1. The van der Waals surface area contributed by atoms with E-state index in [-0.39, 0.29) is 36.6 Å². The van der Waals surface area contributed by atoms with Crippen molar-refractivity contribution in [3.63, 3.8) is 0 Å². The maximum atomic E-state index is 12.3. The number of nitrogens with zero attached hydrogens (tertiary/aromatic N) is 1. The van der Waals surface area contributed by atoms with Gasteiger partial charge in [-0.25, -0.2) is 0 Å². The van der Waals surface area contributed by atoms with Gasteiger partial charge >= 0.3 is 0 Å². The molecule has 6 nitrogen and oxygen atoms in total. The first kappa shape index (κ1) is 23.2. The number of aryl methyl sites for hydroxylation is 1.